The lowest BCUT2D eigenvalue weighted by Gasteiger charge is -2.23. The molecule has 0 aliphatic heterocycles. The van der Waals surface area contributed by atoms with E-state index in [1.54, 1.807) is 11.3 Å². The summed E-state index contributed by atoms with van der Waals surface area (Å²) in [5.41, 5.74) is 1.10. The topological polar surface area (TPSA) is 45.2 Å². The summed E-state index contributed by atoms with van der Waals surface area (Å²) in [7, 11) is 0. The van der Waals surface area contributed by atoms with Crippen LogP contribution in [-0.2, 0) is 16.8 Å². The highest BCUT2D eigenvalue weighted by Crippen LogP contribution is 2.25. The van der Waals surface area contributed by atoms with Gasteiger partial charge < -0.3 is 10.2 Å². The standard InChI is InChI=1S/C15H27N3OS/c1-7-18(8-2)13(19)11(3)16-9-12-10-20-14(17-12)15(4,5)6/h10-11,16H,7-9H2,1-6H3. The highest BCUT2D eigenvalue weighted by molar-refractivity contribution is 7.09. The number of carbonyl (C=O) groups excluding carboxylic acids is 1. The molecular formula is C15H27N3OS. The van der Waals surface area contributed by atoms with Crippen molar-refractivity contribution in [2.45, 2.75) is 59.5 Å². The highest BCUT2D eigenvalue weighted by atomic mass is 32.1. The molecule has 0 aliphatic rings. The van der Waals surface area contributed by atoms with Gasteiger partial charge in [-0.25, -0.2) is 4.98 Å². The lowest BCUT2D eigenvalue weighted by molar-refractivity contribution is -0.132. The molecule has 0 spiro atoms. The van der Waals surface area contributed by atoms with E-state index in [0.29, 0.717) is 6.54 Å². The Morgan fingerprint density at radius 2 is 2.00 bits per heavy atom. The van der Waals surface area contributed by atoms with E-state index in [0.717, 1.165) is 23.8 Å². The Hall–Kier alpha value is -0.940. The fraction of sp³-hybridized carbons (Fsp3) is 0.733. The molecular weight excluding hydrogens is 270 g/mol. The molecule has 1 N–H and O–H groups in total. The maximum Gasteiger partial charge on any atom is 0.239 e. The van der Waals surface area contributed by atoms with Gasteiger partial charge in [-0.1, -0.05) is 20.8 Å². The Balaban J connectivity index is 2.55. The van der Waals surface area contributed by atoms with Crippen molar-refractivity contribution in [1.29, 1.82) is 0 Å². The molecule has 0 saturated carbocycles. The second-order valence-electron chi connectivity index (χ2n) is 6.01. The Morgan fingerprint density at radius 3 is 2.45 bits per heavy atom. The average molecular weight is 297 g/mol. The van der Waals surface area contributed by atoms with E-state index >= 15 is 0 Å². The van der Waals surface area contributed by atoms with E-state index in [4.69, 9.17) is 0 Å². The smallest absolute Gasteiger partial charge is 0.239 e. The van der Waals surface area contributed by atoms with Gasteiger partial charge in [0.2, 0.25) is 5.91 Å². The molecule has 1 aromatic rings. The van der Waals surface area contributed by atoms with Crippen LogP contribution in [0.5, 0.6) is 0 Å². The molecule has 1 aromatic heterocycles. The van der Waals surface area contributed by atoms with E-state index in [1.165, 1.54) is 0 Å². The quantitative estimate of drug-likeness (QED) is 0.878. The molecule has 0 fully saturated rings. The first-order valence-corrected chi connectivity index (χ1v) is 8.14. The summed E-state index contributed by atoms with van der Waals surface area (Å²) in [6.07, 6.45) is 0. The van der Waals surface area contributed by atoms with Gasteiger partial charge in [-0.15, -0.1) is 11.3 Å². The third-order valence-corrected chi connectivity index (χ3v) is 4.55. The van der Waals surface area contributed by atoms with E-state index in [2.05, 4.69) is 36.5 Å². The summed E-state index contributed by atoms with van der Waals surface area (Å²) >= 11 is 1.69. The first-order valence-electron chi connectivity index (χ1n) is 7.26. The number of rotatable bonds is 6. The van der Waals surface area contributed by atoms with Crippen LogP contribution in [0.1, 0.15) is 52.2 Å². The van der Waals surface area contributed by atoms with Gasteiger partial charge in [0.05, 0.1) is 16.7 Å². The molecule has 1 amide bonds. The average Bonchev–Trinajstić information content (AvgIpc) is 2.86. The van der Waals surface area contributed by atoms with Crippen LogP contribution in [0.15, 0.2) is 5.38 Å². The fourth-order valence-electron chi connectivity index (χ4n) is 1.89. The normalized spacial score (nSPS) is 13.3. The summed E-state index contributed by atoms with van der Waals surface area (Å²) in [6.45, 7) is 14.6. The summed E-state index contributed by atoms with van der Waals surface area (Å²) < 4.78 is 0. The number of amides is 1. The lowest BCUT2D eigenvalue weighted by Crippen LogP contribution is -2.44. The van der Waals surface area contributed by atoms with Crippen molar-refractivity contribution in [2.24, 2.45) is 0 Å². The molecule has 1 heterocycles. The van der Waals surface area contributed by atoms with Gasteiger partial charge in [-0.05, 0) is 20.8 Å². The Bertz CT molecular complexity index is 433. The van der Waals surface area contributed by atoms with Crippen LogP contribution in [0.2, 0.25) is 0 Å². The summed E-state index contributed by atoms with van der Waals surface area (Å²) in [5, 5.41) is 6.47. The van der Waals surface area contributed by atoms with Gasteiger partial charge in [-0.2, -0.15) is 0 Å². The molecule has 0 bridgehead atoms. The Morgan fingerprint density at radius 1 is 1.40 bits per heavy atom. The highest BCUT2D eigenvalue weighted by Gasteiger charge is 2.20. The minimum absolute atomic E-state index is 0.0889. The predicted octanol–water partition coefficient (Wildman–Crippen LogP) is 2.79. The fourth-order valence-corrected chi connectivity index (χ4v) is 2.79. The molecule has 0 aromatic carbocycles. The van der Waals surface area contributed by atoms with E-state index < -0.39 is 0 Å². The number of nitrogens with zero attached hydrogens (tertiary/aromatic N) is 2. The molecule has 5 heteroatoms. The van der Waals surface area contributed by atoms with E-state index in [-0.39, 0.29) is 17.4 Å². The van der Waals surface area contributed by atoms with Gasteiger partial charge in [0.1, 0.15) is 0 Å². The minimum Gasteiger partial charge on any atom is -0.342 e. The monoisotopic (exact) mass is 297 g/mol. The first kappa shape index (κ1) is 17.1. The third-order valence-electron chi connectivity index (χ3n) is 3.23. The first-order chi connectivity index (χ1) is 9.29. The minimum atomic E-state index is -0.172. The molecule has 0 saturated heterocycles. The van der Waals surface area contributed by atoms with Gasteiger partial charge in [0.25, 0.3) is 0 Å². The third kappa shape index (κ3) is 4.56. The van der Waals surface area contributed by atoms with Crippen molar-refractivity contribution in [3.05, 3.63) is 16.1 Å². The molecule has 114 valence electrons. The van der Waals surface area contributed by atoms with Gasteiger partial charge in [0.15, 0.2) is 0 Å². The molecule has 1 rings (SSSR count). The van der Waals surface area contributed by atoms with Crippen molar-refractivity contribution in [3.63, 3.8) is 0 Å². The van der Waals surface area contributed by atoms with Crippen molar-refractivity contribution >= 4 is 17.2 Å². The van der Waals surface area contributed by atoms with Crippen molar-refractivity contribution in [3.8, 4) is 0 Å². The maximum atomic E-state index is 12.1. The second-order valence-corrected chi connectivity index (χ2v) is 6.87. The van der Waals surface area contributed by atoms with Gasteiger partial charge in [-0.3, -0.25) is 4.79 Å². The van der Waals surface area contributed by atoms with Gasteiger partial charge >= 0.3 is 0 Å². The van der Waals surface area contributed by atoms with Gasteiger partial charge in [0, 0.05) is 30.4 Å². The van der Waals surface area contributed by atoms with Crippen LogP contribution in [0.25, 0.3) is 0 Å². The van der Waals surface area contributed by atoms with Crippen LogP contribution in [0.3, 0.4) is 0 Å². The van der Waals surface area contributed by atoms with Crippen molar-refractivity contribution in [2.75, 3.05) is 13.1 Å². The zero-order valence-corrected chi connectivity index (χ0v) is 14.3. The molecule has 1 atom stereocenters. The molecule has 0 radical (unpaired) electrons. The number of hydrogen-bond donors (Lipinski definition) is 1. The van der Waals surface area contributed by atoms with E-state index in [9.17, 15) is 4.79 Å². The Kier molecular flexibility index (Phi) is 6.14. The van der Waals surface area contributed by atoms with Crippen LogP contribution in [0, 0.1) is 0 Å². The number of carbonyl (C=O) groups is 1. The van der Waals surface area contributed by atoms with Crippen LogP contribution in [-0.4, -0.2) is 34.9 Å². The second kappa shape index (κ2) is 7.18. The lowest BCUT2D eigenvalue weighted by atomic mass is 9.98. The largest absolute Gasteiger partial charge is 0.342 e. The Labute approximate surface area is 126 Å². The maximum absolute atomic E-state index is 12.1. The number of thiazole rings is 1. The number of hydrogen-bond acceptors (Lipinski definition) is 4. The van der Waals surface area contributed by atoms with E-state index in [1.807, 2.05) is 25.7 Å². The number of nitrogens with one attached hydrogen (secondary N) is 1. The predicted molar refractivity (Wildman–Crippen MR) is 85.0 cm³/mol. The van der Waals surface area contributed by atoms with Crippen LogP contribution >= 0.6 is 11.3 Å². The number of aromatic nitrogens is 1. The zero-order chi connectivity index (χ0) is 15.3. The summed E-state index contributed by atoms with van der Waals surface area (Å²) in [4.78, 5) is 18.6. The molecule has 0 aliphatic carbocycles. The van der Waals surface area contributed by atoms with Crippen molar-refractivity contribution in [1.82, 2.24) is 15.2 Å². The van der Waals surface area contributed by atoms with Crippen molar-refractivity contribution < 1.29 is 4.79 Å². The molecule has 1 unspecified atom stereocenters. The zero-order valence-electron chi connectivity index (χ0n) is 13.5. The molecule has 4 nitrogen and oxygen atoms in total. The SMILES string of the molecule is CCN(CC)C(=O)C(C)NCc1csc(C(C)(C)C)n1. The van der Waals surface area contributed by atoms with Crippen LogP contribution in [0.4, 0.5) is 0 Å². The summed E-state index contributed by atoms with van der Waals surface area (Å²) in [6, 6.07) is -0.172. The van der Waals surface area contributed by atoms with Crippen LogP contribution < -0.4 is 5.32 Å². The molecule has 20 heavy (non-hydrogen) atoms. The number of likely N-dealkylation sites (N-methyl/N-ethyl adjacent to an activating group) is 1. The summed E-state index contributed by atoms with van der Waals surface area (Å²) in [5.74, 6) is 0.154.